The van der Waals surface area contributed by atoms with E-state index in [1.165, 1.54) is 12.0 Å². The Hall–Kier alpha value is -2.57. The highest BCUT2D eigenvalue weighted by atomic mass is 16.5. The predicted molar refractivity (Wildman–Crippen MR) is 73.2 cm³/mol. The molecule has 1 fully saturated rings. The zero-order chi connectivity index (χ0) is 15.4. The summed E-state index contributed by atoms with van der Waals surface area (Å²) < 4.78 is 10.6. The molecule has 1 saturated heterocycles. The summed E-state index contributed by atoms with van der Waals surface area (Å²) in [6, 6.07) is 4.73. The van der Waals surface area contributed by atoms with Crippen molar-refractivity contribution in [2.24, 2.45) is 0 Å². The van der Waals surface area contributed by atoms with Gasteiger partial charge in [0.15, 0.2) is 11.5 Å². The summed E-state index contributed by atoms with van der Waals surface area (Å²) in [5, 5.41) is 2.15. The maximum atomic E-state index is 12.3. The third kappa shape index (κ3) is 3.31. The predicted octanol–water partition coefficient (Wildman–Crippen LogP) is 0.192. The van der Waals surface area contributed by atoms with Crippen LogP contribution >= 0.6 is 0 Å². The number of ether oxygens (including phenoxy) is 2. The average Bonchev–Trinajstić information content (AvgIpc) is 2.45. The minimum absolute atomic E-state index is 0.138. The van der Waals surface area contributed by atoms with E-state index in [9.17, 15) is 14.4 Å². The molecule has 0 unspecified atom stereocenters. The van der Waals surface area contributed by atoms with Gasteiger partial charge in [-0.3, -0.25) is 19.7 Å². The minimum atomic E-state index is -0.488. The zero-order valence-corrected chi connectivity index (χ0v) is 11.8. The molecule has 0 aliphatic carbocycles. The van der Waals surface area contributed by atoms with Gasteiger partial charge >= 0.3 is 0 Å². The number of rotatable bonds is 4. The molecule has 2 rings (SSSR count). The van der Waals surface area contributed by atoms with Gasteiger partial charge in [0.1, 0.15) is 13.1 Å². The standard InChI is InChI=1S/C14H16N2O5/c1-3-21-11-6-9(4-5-10(11)20-2)14(19)16-7-12(17)15-13(18)8-16/h4-6H,3,7-8H2,1-2H3,(H,15,17,18). The van der Waals surface area contributed by atoms with Crippen LogP contribution in [0.5, 0.6) is 11.5 Å². The fourth-order valence-corrected chi connectivity index (χ4v) is 2.04. The molecule has 3 amide bonds. The third-order valence-corrected chi connectivity index (χ3v) is 2.95. The number of nitrogens with zero attached hydrogens (tertiary/aromatic N) is 1. The highest BCUT2D eigenvalue weighted by molar-refractivity contribution is 6.05. The number of piperazine rings is 1. The van der Waals surface area contributed by atoms with E-state index in [-0.39, 0.29) is 13.1 Å². The van der Waals surface area contributed by atoms with E-state index in [0.717, 1.165) is 0 Å². The summed E-state index contributed by atoms with van der Waals surface area (Å²) in [5.41, 5.74) is 0.335. The van der Waals surface area contributed by atoms with E-state index < -0.39 is 17.7 Å². The van der Waals surface area contributed by atoms with Gasteiger partial charge in [0.05, 0.1) is 13.7 Å². The first kappa shape index (κ1) is 14.8. The van der Waals surface area contributed by atoms with Gasteiger partial charge in [0.25, 0.3) is 5.91 Å². The molecule has 1 aliphatic heterocycles. The lowest BCUT2D eigenvalue weighted by Crippen LogP contribution is -2.53. The smallest absolute Gasteiger partial charge is 0.254 e. The number of imide groups is 1. The van der Waals surface area contributed by atoms with E-state index in [1.807, 2.05) is 6.92 Å². The Bertz CT molecular complexity index is 569. The van der Waals surface area contributed by atoms with Gasteiger partial charge in [0.2, 0.25) is 11.8 Å². The number of hydrogen-bond acceptors (Lipinski definition) is 5. The lowest BCUT2D eigenvalue weighted by atomic mass is 10.1. The molecule has 0 spiro atoms. The molecule has 1 heterocycles. The second-order valence-corrected chi connectivity index (χ2v) is 4.43. The second-order valence-electron chi connectivity index (χ2n) is 4.43. The van der Waals surface area contributed by atoms with Gasteiger partial charge in [-0.15, -0.1) is 0 Å². The third-order valence-electron chi connectivity index (χ3n) is 2.95. The second kappa shape index (κ2) is 6.25. The first-order chi connectivity index (χ1) is 10.0. The van der Waals surface area contributed by atoms with E-state index in [2.05, 4.69) is 5.32 Å². The van der Waals surface area contributed by atoms with Crippen LogP contribution in [0.2, 0.25) is 0 Å². The summed E-state index contributed by atoms with van der Waals surface area (Å²) in [6.45, 7) is 1.97. The summed E-state index contributed by atoms with van der Waals surface area (Å²) in [4.78, 5) is 36.2. The van der Waals surface area contributed by atoms with E-state index in [1.54, 1.807) is 18.2 Å². The maximum Gasteiger partial charge on any atom is 0.254 e. The van der Waals surface area contributed by atoms with Gasteiger partial charge in [-0.05, 0) is 25.1 Å². The van der Waals surface area contributed by atoms with Crippen molar-refractivity contribution in [3.63, 3.8) is 0 Å². The minimum Gasteiger partial charge on any atom is -0.493 e. The van der Waals surface area contributed by atoms with Crippen molar-refractivity contribution >= 4 is 17.7 Å². The highest BCUT2D eigenvalue weighted by Crippen LogP contribution is 2.28. The van der Waals surface area contributed by atoms with E-state index in [0.29, 0.717) is 23.7 Å². The fourth-order valence-electron chi connectivity index (χ4n) is 2.04. The fraction of sp³-hybridized carbons (Fsp3) is 0.357. The largest absolute Gasteiger partial charge is 0.493 e. The Morgan fingerprint density at radius 3 is 2.48 bits per heavy atom. The van der Waals surface area contributed by atoms with Crippen LogP contribution in [0.15, 0.2) is 18.2 Å². The van der Waals surface area contributed by atoms with Crippen LogP contribution in [0, 0.1) is 0 Å². The molecular weight excluding hydrogens is 276 g/mol. The van der Waals surface area contributed by atoms with Crippen molar-refractivity contribution in [2.45, 2.75) is 6.92 Å². The Balaban J connectivity index is 2.24. The first-order valence-electron chi connectivity index (χ1n) is 6.48. The normalized spacial score (nSPS) is 14.7. The van der Waals surface area contributed by atoms with Crippen LogP contribution in [0.4, 0.5) is 0 Å². The molecule has 7 heteroatoms. The SMILES string of the molecule is CCOc1cc(C(=O)N2CC(=O)NC(=O)C2)ccc1OC. The molecule has 0 aromatic heterocycles. The molecule has 0 bridgehead atoms. The van der Waals surface area contributed by atoms with Crippen molar-refractivity contribution in [1.29, 1.82) is 0 Å². The monoisotopic (exact) mass is 292 g/mol. The van der Waals surface area contributed by atoms with Crippen LogP contribution in [-0.4, -0.2) is 49.4 Å². The van der Waals surface area contributed by atoms with Crippen LogP contribution < -0.4 is 14.8 Å². The van der Waals surface area contributed by atoms with E-state index >= 15 is 0 Å². The molecular formula is C14H16N2O5. The Labute approximate surface area is 121 Å². The van der Waals surface area contributed by atoms with Gasteiger partial charge in [-0.1, -0.05) is 0 Å². The van der Waals surface area contributed by atoms with Crippen LogP contribution in [0.3, 0.4) is 0 Å². The molecule has 7 nitrogen and oxygen atoms in total. The number of amides is 3. The van der Waals surface area contributed by atoms with Crippen LogP contribution in [0.25, 0.3) is 0 Å². The molecule has 0 atom stereocenters. The molecule has 0 saturated carbocycles. The number of nitrogens with one attached hydrogen (secondary N) is 1. The molecule has 1 aromatic carbocycles. The Kier molecular flexibility index (Phi) is 4.42. The van der Waals surface area contributed by atoms with Gasteiger partial charge in [0, 0.05) is 5.56 Å². The van der Waals surface area contributed by atoms with Gasteiger partial charge in [-0.25, -0.2) is 0 Å². The first-order valence-corrected chi connectivity index (χ1v) is 6.48. The van der Waals surface area contributed by atoms with E-state index in [4.69, 9.17) is 9.47 Å². The summed E-state index contributed by atoms with van der Waals surface area (Å²) >= 11 is 0. The Morgan fingerprint density at radius 2 is 1.90 bits per heavy atom. The molecule has 1 aromatic rings. The average molecular weight is 292 g/mol. The quantitative estimate of drug-likeness (QED) is 0.801. The number of benzene rings is 1. The van der Waals surface area contributed by atoms with Crippen molar-refractivity contribution < 1.29 is 23.9 Å². The lowest BCUT2D eigenvalue weighted by Gasteiger charge is -2.25. The number of hydrogen-bond donors (Lipinski definition) is 1. The van der Waals surface area contributed by atoms with Crippen LogP contribution in [0.1, 0.15) is 17.3 Å². The topological polar surface area (TPSA) is 84.9 Å². The number of carbonyl (C=O) groups is 3. The molecule has 21 heavy (non-hydrogen) atoms. The number of methoxy groups -OCH3 is 1. The lowest BCUT2D eigenvalue weighted by molar-refractivity contribution is -0.135. The molecule has 112 valence electrons. The summed E-state index contributed by atoms with van der Waals surface area (Å²) in [7, 11) is 1.51. The Morgan fingerprint density at radius 1 is 1.24 bits per heavy atom. The van der Waals surface area contributed by atoms with Crippen molar-refractivity contribution in [2.75, 3.05) is 26.8 Å². The van der Waals surface area contributed by atoms with Gasteiger partial charge < -0.3 is 14.4 Å². The number of carbonyl (C=O) groups excluding carboxylic acids is 3. The van der Waals surface area contributed by atoms with Crippen molar-refractivity contribution in [3.8, 4) is 11.5 Å². The van der Waals surface area contributed by atoms with Crippen molar-refractivity contribution in [3.05, 3.63) is 23.8 Å². The molecule has 1 N–H and O–H groups in total. The zero-order valence-electron chi connectivity index (χ0n) is 11.8. The van der Waals surface area contributed by atoms with Crippen molar-refractivity contribution in [1.82, 2.24) is 10.2 Å². The molecule has 1 aliphatic rings. The molecule has 0 radical (unpaired) electrons. The summed E-state index contributed by atoms with van der Waals surface area (Å²) in [5.74, 6) is -0.419. The maximum absolute atomic E-state index is 12.3. The summed E-state index contributed by atoms with van der Waals surface area (Å²) in [6.07, 6.45) is 0. The van der Waals surface area contributed by atoms with Gasteiger partial charge in [-0.2, -0.15) is 0 Å². The van der Waals surface area contributed by atoms with Crippen LogP contribution in [-0.2, 0) is 9.59 Å². The highest BCUT2D eigenvalue weighted by Gasteiger charge is 2.27.